The van der Waals surface area contributed by atoms with Gasteiger partial charge in [-0.1, -0.05) is 0 Å². The molecule has 1 heterocycles. The van der Waals surface area contributed by atoms with Crippen LogP contribution in [0.4, 0.5) is 0 Å². The van der Waals surface area contributed by atoms with Gasteiger partial charge >= 0.3 is 0 Å². The fourth-order valence-corrected chi connectivity index (χ4v) is 1.40. The lowest BCUT2D eigenvalue weighted by atomic mass is 10.1. The predicted octanol–water partition coefficient (Wildman–Crippen LogP) is 1.27. The Morgan fingerprint density at radius 3 is 2.87 bits per heavy atom. The molecule has 1 aromatic heterocycles. The van der Waals surface area contributed by atoms with Crippen LogP contribution in [0.5, 0.6) is 5.88 Å². The van der Waals surface area contributed by atoms with Crippen molar-refractivity contribution in [3.63, 3.8) is 0 Å². The lowest BCUT2D eigenvalue weighted by molar-refractivity contribution is 0.0983. The first-order valence-electron chi connectivity index (χ1n) is 4.93. The molecule has 0 saturated carbocycles. The summed E-state index contributed by atoms with van der Waals surface area (Å²) in [6.07, 6.45) is -0.508. The van der Waals surface area contributed by atoms with Crippen LogP contribution in [-0.4, -0.2) is 34.3 Å². The fourth-order valence-electron chi connectivity index (χ4n) is 0.940. The third-order valence-corrected chi connectivity index (χ3v) is 2.25. The molecule has 2 N–H and O–H groups in total. The van der Waals surface area contributed by atoms with Crippen LogP contribution in [-0.2, 0) is 0 Å². The molecule has 1 aromatic rings. The van der Waals surface area contributed by atoms with Gasteiger partial charge in [-0.15, -0.1) is 0 Å². The number of hydrogen-bond donors (Lipinski definition) is 2. The van der Waals surface area contributed by atoms with E-state index in [2.05, 4.69) is 30.5 Å². The van der Waals surface area contributed by atoms with Gasteiger partial charge in [0.15, 0.2) is 0 Å². The Hall–Kier alpha value is -0.650. The van der Waals surface area contributed by atoms with Crippen LogP contribution in [0.3, 0.4) is 0 Å². The van der Waals surface area contributed by atoms with Crippen molar-refractivity contribution in [3.8, 4) is 5.88 Å². The Morgan fingerprint density at radius 2 is 2.33 bits per heavy atom. The van der Waals surface area contributed by atoms with Gasteiger partial charge in [-0.2, -0.15) is 4.37 Å². The molecule has 0 saturated heterocycles. The van der Waals surface area contributed by atoms with E-state index in [9.17, 15) is 5.11 Å². The summed E-state index contributed by atoms with van der Waals surface area (Å²) >= 11 is 1.34. The SMILES string of the molecule is CC(C)(C)NC[C@H](O)COc1ccsn1. The van der Waals surface area contributed by atoms with Crippen molar-refractivity contribution in [2.24, 2.45) is 0 Å². The zero-order chi connectivity index (χ0) is 11.3. The van der Waals surface area contributed by atoms with Gasteiger partial charge in [0, 0.05) is 23.5 Å². The highest BCUT2D eigenvalue weighted by Crippen LogP contribution is 2.08. The largest absolute Gasteiger partial charge is 0.474 e. The predicted molar refractivity (Wildman–Crippen MR) is 61.4 cm³/mol. The molecule has 1 atom stereocenters. The Bertz CT molecular complexity index is 269. The van der Waals surface area contributed by atoms with Crippen LogP contribution in [0.15, 0.2) is 11.4 Å². The lowest BCUT2D eigenvalue weighted by Crippen LogP contribution is -2.42. The lowest BCUT2D eigenvalue weighted by Gasteiger charge is -2.22. The van der Waals surface area contributed by atoms with Crippen molar-refractivity contribution in [2.75, 3.05) is 13.2 Å². The van der Waals surface area contributed by atoms with E-state index in [1.54, 1.807) is 6.07 Å². The third-order valence-electron chi connectivity index (χ3n) is 1.71. The maximum Gasteiger partial charge on any atom is 0.225 e. The highest BCUT2D eigenvalue weighted by molar-refractivity contribution is 7.03. The van der Waals surface area contributed by atoms with E-state index in [0.717, 1.165) is 0 Å². The van der Waals surface area contributed by atoms with E-state index in [4.69, 9.17) is 4.74 Å². The number of nitrogens with one attached hydrogen (secondary N) is 1. The molecular weight excluding hydrogens is 212 g/mol. The first-order valence-corrected chi connectivity index (χ1v) is 5.77. The van der Waals surface area contributed by atoms with Crippen molar-refractivity contribution >= 4 is 11.5 Å². The molecule has 0 aliphatic carbocycles. The minimum absolute atomic E-state index is 0.0155. The molecule has 0 aliphatic rings. The van der Waals surface area contributed by atoms with Crippen molar-refractivity contribution in [3.05, 3.63) is 11.4 Å². The smallest absolute Gasteiger partial charge is 0.225 e. The second-order valence-electron chi connectivity index (χ2n) is 4.43. The molecule has 15 heavy (non-hydrogen) atoms. The van der Waals surface area contributed by atoms with Crippen LogP contribution in [0.2, 0.25) is 0 Å². The zero-order valence-electron chi connectivity index (χ0n) is 9.36. The molecule has 0 spiro atoms. The minimum Gasteiger partial charge on any atom is -0.474 e. The minimum atomic E-state index is -0.508. The number of nitrogens with zero attached hydrogens (tertiary/aromatic N) is 1. The summed E-state index contributed by atoms with van der Waals surface area (Å²) in [5, 5.41) is 14.6. The molecule has 0 radical (unpaired) electrons. The first kappa shape index (κ1) is 12.4. The van der Waals surface area contributed by atoms with Gasteiger partial charge < -0.3 is 15.2 Å². The Labute approximate surface area is 94.4 Å². The first-order chi connectivity index (χ1) is 6.97. The average Bonchev–Trinajstić information content (AvgIpc) is 2.62. The highest BCUT2D eigenvalue weighted by atomic mass is 32.1. The number of aliphatic hydroxyl groups is 1. The summed E-state index contributed by atoms with van der Waals surface area (Å²) in [7, 11) is 0. The summed E-state index contributed by atoms with van der Waals surface area (Å²) in [6.45, 7) is 6.96. The van der Waals surface area contributed by atoms with Gasteiger partial charge in [-0.25, -0.2) is 0 Å². The molecule has 4 nitrogen and oxygen atoms in total. The van der Waals surface area contributed by atoms with Crippen LogP contribution in [0, 0.1) is 0 Å². The summed E-state index contributed by atoms with van der Waals surface area (Å²) in [5.41, 5.74) is 0.0155. The standard InChI is InChI=1S/C10H18N2O2S/c1-10(2,3)11-6-8(13)7-14-9-4-5-15-12-9/h4-5,8,11,13H,6-7H2,1-3H3/t8-/m0/s1. The molecule has 5 heteroatoms. The zero-order valence-corrected chi connectivity index (χ0v) is 10.2. The van der Waals surface area contributed by atoms with E-state index in [1.807, 2.05) is 5.38 Å². The molecular formula is C10H18N2O2S. The van der Waals surface area contributed by atoms with Crippen molar-refractivity contribution < 1.29 is 9.84 Å². The van der Waals surface area contributed by atoms with Gasteiger partial charge in [0.1, 0.15) is 12.7 Å². The Balaban J connectivity index is 2.16. The van der Waals surface area contributed by atoms with Crippen LogP contribution in [0.25, 0.3) is 0 Å². The van der Waals surface area contributed by atoms with E-state index in [0.29, 0.717) is 12.4 Å². The quantitative estimate of drug-likeness (QED) is 0.800. The molecule has 0 aromatic carbocycles. The van der Waals surface area contributed by atoms with Gasteiger partial charge in [-0.05, 0) is 32.3 Å². The summed E-state index contributed by atoms with van der Waals surface area (Å²) in [5.74, 6) is 0.579. The summed E-state index contributed by atoms with van der Waals surface area (Å²) in [4.78, 5) is 0. The van der Waals surface area contributed by atoms with Gasteiger partial charge in [0.25, 0.3) is 0 Å². The highest BCUT2D eigenvalue weighted by Gasteiger charge is 2.12. The van der Waals surface area contributed by atoms with Crippen molar-refractivity contribution in [2.45, 2.75) is 32.4 Å². The molecule has 0 bridgehead atoms. The topological polar surface area (TPSA) is 54.4 Å². The Kier molecular flexibility index (Phi) is 4.50. The van der Waals surface area contributed by atoms with Gasteiger partial charge in [0.05, 0.1) is 0 Å². The van der Waals surface area contributed by atoms with Gasteiger partial charge in [-0.3, -0.25) is 0 Å². The maximum atomic E-state index is 9.60. The molecule has 86 valence electrons. The monoisotopic (exact) mass is 230 g/mol. The molecule has 0 amide bonds. The number of ether oxygens (including phenoxy) is 1. The van der Waals surface area contributed by atoms with Crippen LogP contribution < -0.4 is 10.1 Å². The fraction of sp³-hybridized carbons (Fsp3) is 0.700. The van der Waals surface area contributed by atoms with Crippen LogP contribution >= 0.6 is 11.5 Å². The second kappa shape index (κ2) is 5.44. The van der Waals surface area contributed by atoms with Crippen molar-refractivity contribution in [1.29, 1.82) is 0 Å². The van der Waals surface area contributed by atoms with Gasteiger partial charge in [0.2, 0.25) is 5.88 Å². The van der Waals surface area contributed by atoms with Crippen LogP contribution in [0.1, 0.15) is 20.8 Å². The Morgan fingerprint density at radius 1 is 1.60 bits per heavy atom. The number of aliphatic hydroxyl groups excluding tert-OH is 1. The second-order valence-corrected chi connectivity index (χ2v) is 5.10. The molecule has 1 rings (SSSR count). The van der Waals surface area contributed by atoms with Crippen molar-refractivity contribution in [1.82, 2.24) is 9.69 Å². The summed E-state index contributed by atoms with van der Waals surface area (Å²) in [6, 6.07) is 1.79. The molecule has 0 fully saturated rings. The van der Waals surface area contributed by atoms with E-state index in [1.165, 1.54) is 11.5 Å². The summed E-state index contributed by atoms with van der Waals surface area (Å²) < 4.78 is 9.27. The van der Waals surface area contributed by atoms with E-state index >= 15 is 0 Å². The van der Waals surface area contributed by atoms with E-state index in [-0.39, 0.29) is 12.1 Å². The molecule has 0 aliphatic heterocycles. The average molecular weight is 230 g/mol. The maximum absolute atomic E-state index is 9.60. The number of rotatable bonds is 5. The van der Waals surface area contributed by atoms with E-state index < -0.39 is 6.10 Å². The number of hydrogen-bond acceptors (Lipinski definition) is 5. The third kappa shape index (κ3) is 5.71. The number of β-amino-alcohol motifs (C(OH)–C–C–N with tert-alkyl or cyclic N) is 1. The normalized spacial score (nSPS) is 13.9. The number of aromatic nitrogens is 1. The molecule has 0 unspecified atom stereocenters.